The van der Waals surface area contributed by atoms with E-state index in [1.165, 1.54) is 0 Å². The van der Waals surface area contributed by atoms with Crippen LogP contribution in [0.25, 0.3) is 0 Å². The summed E-state index contributed by atoms with van der Waals surface area (Å²) in [6.45, 7) is 3.48. The molecule has 0 aromatic rings. The van der Waals surface area contributed by atoms with Crippen molar-refractivity contribution < 1.29 is 4.79 Å². The highest BCUT2D eigenvalue weighted by molar-refractivity contribution is 5.87. The van der Waals surface area contributed by atoms with Gasteiger partial charge in [-0.3, -0.25) is 14.8 Å². The average Bonchev–Trinajstić information content (AvgIpc) is 2.87. The third-order valence-corrected chi connectivity index (χ3v) is 4.21. The summed E-state index contributed by atoms with van der Waals surface area (Å²) in [7, 11) is 0. The van der Waals surface area contributed by atoms with E-state index in [0.29, 0.717) is 6.54 Å². The number of amides is 1. The maximum atomic E-state index is 12.4. The van der Waals surface area contributed by atoms with Crippen LogP contribution in [0, 0.1) is 5.41 Å². The fraction of sp³-hybridized carbons (Fsp3) is 0.750. The van der Waals surface area contributed by atoms with Crippen LogP contribution in [0.5, 0.6) is 0 Å². The molecule has 0 aromatic heterocycles. The SMILES string of the molecule is CC(NC(=O)C1(C2CN=CN2)CC1)C1CN=CN1. The number of rotatable bonds is 4. The van der Waals surface area contributed by atoms with E-state index in [9.17, 15) is 4.79 Å². The van der Waals surface area contributed by atoms with Crippen LogP contribution in [0.15, 0.2) is 9.98 Å². The zero-order chi connectivity index (χ0) is 12.6. The first kappa shape index (κ1) is 11.5. The topological polar surface area (TPSA) is 77.9 Å². The second-order valence-electron chi connectivity index (χ2n) is 5.40. The van der Waals surface area contributed by atoms with Gasteiger partial charge in [-0.15, -0.1) is 0 Å². The Bertz CT molecular complexity index is 385. The molecule has 0 aromatic carbocycles. The summed E-state index contributed by atoms with van der Waals surface area (Å²) in [5.74, 6) is 0.159. The maximum Gasteiger partial charge on any atom is 0.228 e. The number of nitrogens with one attached hydrogen (secondary N) is 3. The first-order chi connectivity index (χ1) is 8.72. The number of aliphatic imine (C=N–C) groups is 2. The summed E-state index contributed by atoms with van der Waals surface area (Å²) >= 11 is 0. The Kier molecular flexibility index (Phi) is 2.72. The van der Waals surface area contributed by atoms with Crippen LogP contribution in [-0.4, -0.2) is 49.8 Å². The minimum Gasteiger partial charge on any atom is -0.371 e. The van der Waals surface area contributed by atoms with E-state index in [1.54, 1.807) is 12.7 Å². The number of hydrogen-bond donors (Lipinski definition) is 3. The van der Waals surface area contributed by atoms with Crippen LogP contribution in [0.3, 0.4) is 0 Å². The molecule has 0 bridgehead atoms. The molecular weight excluding hydrogens is 230 g/mol. The van der Waals surface area contributed by atoms with Gasteiger partial charge >= 0.3 is 0 Å². The minimum atomic E-state index is -0.232. The quantitative estimate of drug-likeness (QED) is 0.615. The third kappa shape index (κ3) is 1.85. The molecule has 2 heterocycles. The van der Waals surface area contributed by atoms with Crippen molar-refractivity contribution in [3.63, 3.8) is 0 Å². The summed E-state index contributed by atoms with van der Waals surface area (Å²) < 4.78 is 0. The van der Waals surface area contributed by atoms with Gasteiger partial charge in [0.15, 0.2) is 0 Å². The molecule has 6 heteroatoms. The van der Waals surface area contributed by atoms with Crippen LogP contribution in [0.1, 0.15) is 19.8 Å². The van der Waals surface area contributed by atoms with E-state index in [1.807, 2.05) is 6.92 Å². The molecule has 98 valence electrons. The molecule has 1 saturated carbocycles. The molecular formula is C12H19N5O. The molecule has 1 amide bonds. The van der Waals surface area contributed by atoms with Crippen LogP contribution in [0.2, 0.25) is 0 Å². The van der Waals surface area contributed by atoms with E-state index >= 15 is 0 Å². The van der Waals surface area contributed by atoms with Crippen molar-refractivity contribution in [1.82, 2.24) is 16.0 Å². The van der Waals surface area contributed by atoms with Gasteiger partial charge in [-0.05, 0) is 19.8 Å². The van der Waals surface area contributed by atoms with Gasteiger partial charge in [-0.2, -0.15) is 0 Å². The molecule has 1 fully saturated rings. The Balaban J connectivity index is 1.57. The molecule has 2 aliphatic heterocycles. The van der Waals surface area contributed by atoms with Gasteiger partial charge in [0.1, 0.15) is 0 Å². The van der Waals surface area contributed by atoms with Crippen molar-refractivity contribution in [3.05, 3.63) is 0 Å². The standard InChI is InChI=1S/C12H19N5O/c1-8(9-4-13-6-15-9)17-11(18)12(2-3-12)10-5-14-7-16-10/h6-10H,2-5H2,1H3,(H,13,15)(H,14,16)(H,17,18). The predicted octanol–water partition coefficient (Wildman–Crippen LogP) is -0.728. The summed E-state index contributed by atoms with van der Waals surface area (Å²) in [6, 6.07) is 0.495. The van der Waals surface area contributed by atoms with E-state index < -0.39 is 0 Å². The highest BCUT2D eigenvalue weighted by Crippen LogP contribution is 2.49. The van der Waals surface area contributed by atoms with Crippen molar-refractivity contribution in [3.8, 4) is 0 Å². The normalized spacial score (nSPS) is 32.7. The van der Waals surface area contributed by atoms with E-state index in [4.69, 9.17) is 0 Å². The van der Waals surface area contributed by atoms with Gasteiger partial charge in [-0.1, -0.05) is 0 Å². The Hall–Kier alpha value is -1.59. The average molecular weight is 249 g/mol. The molecule has 3 unspecified atom stereocenters. The Labute approximate surface area is 106 Å². The second-order valence-corrected chi connectivity index (χ2v) is 5.40. The number of carbonyl (C=O) groups excluding carboxylic acids is 1. The lowest BCUT2D eigenvalue weighted by Gasteiger charge is -2.26. The van der Waals surface area contributed by atoms with Crippen LogP contribution in [-0.2, 0) is 4.79 Å². The van der Waals surface area contributed by atoms with Gasteiger partial charge in [-0.25, -0.2) is 0 Å². The highest BCUT2D eigenvalue weighted by Gasteiger charge is 2.56. The Morgan fingerprint density at radius 2 is 2.06 bits per heavy atom. The summed E-state index contributed by atoms with van der Waals surface area (Å²) in [5, 5.41) is 9.47. The van der Waals surface area contributed by atoms with Gasteiger partial charge in [0.25, 0.3) is 0 Å². The number of nitrogens with zero attached hydrogens (tertiary/aromatic N) is 2. The molecule has 3 N–H and O–H groups in total. The van der Waals surface area contributed by atoms with Gasteiger partial charge in [0.2, 0.25) is 5.91 Å². The van der Waals surface area contributed by atoms with Crippen LogP contribution < -0.4 is 16.0 Å². The fourth-order valence-electron chi connectivity index (χ4n) is 2.68. The Morgan fingerprint density at radius 3 is 2.61 bits per heavy atom. The lowest BCUT2D eigenvalue weighted by Crippen LogP contribution is -2.53. The molecule has 18 heavy (non-hydrogen) atoms. The third-order valence-electron chi connectivity index (χ3n) is 4.21. The molecule has 0 saturated heterocycles. The summed E-state index contributed by atoms with van der Waals surface area (Å²) in [6.07, 6.45) is 5.35. The highest BCUT2D eigenvalue weighted by atomic mass is 16.2. The predicted molar refractivity (Wildman–Crippen MR) is 69.8 cm³/mol. The van der Waals surface area contributed by atoms with Crippen LogP contribution >= 0.6 is 0 Å². The summed E-state index contributed by atoms with van der Waals surface area (Å²) in [5.41, 5.74) is -0.232. The molecule has 0 radical (unpaired) electrons. The Morgan fingerprint density at radius 1 is 1.33 bits per heavy atom. The molecule has 1 aliphatic carbocycles. The lowest BCUT2D eigenvalue weighted by atomic mass is 9.95. The second kappa shape index (κ2) is 4.26. The van der Waals surface area contributed by atoms with Gasteiger partial charge in [0.05, 0.1) is 43.3 Å². The first-order valence-electron chi connectivity index (χ1n) is 6.52. The summed E-state index contributed by atoms with van der Waals surface area (Å²) in [4.78, 5) is 20.7. The van der Waals surface area contributed by atoms with Crippen molar-refractivity contribution in [2.24, 2.45) is 15.4 Å². The molecule has 3 rings (SSSR count). The maximum absolute atomic E-state index is 12.4. The van der Waals surface area contributed by atoms with E-state index in [0.717, 1.165) is 19.4 Å². The molecule has 6 nitrogen and oxygen atoms in total. The van der Waals surface area contributed by atoms with Gasteiger partial charge in [0, 0.05) is 6.04 Å². The monoisotopic (exact) mass is 249 g/mol. The van der Waals surface area contributed by atoms with Crippen molar-refractivity contribution in [2.45, 2.75) is 37.9 Å². The zero-order valence-electron chi connectivity index (χ0n) is 10.5. The zero-order valence-corrected chi connectivity index (χ0v) is 10.5. The van der Waals surface area contributed by atoms with Crippen molar-refractivity contribution >= 4 is 18.6 Å². The molecule has 0 spiro atoms. The largest absolute Gasteiger partial charge is 0.371 e. The van der Waals surface area contributed by atoms with Crippen molar-refractivity contribution in [2.75, 3.05) is 13.1 Å². The number of carbonyl (C=O) groups is 1. The van der Waals surface area contributed by atoms with Gasteiger partial charge < -0.3 is 16.0 Å². The minimum absolute atomic E-state index is 0.0970. The fourth-order valence-corrected chi connectivity index (χ4v) is 2.68. The van der Waals surface area contributed by atoms with E-state index in [2.05, 4.69) is 25.9 Å². The number of hydrogen-bond acceptors (Lipinski definition) is 5. The van der Waals surface area contributed by atoms with Crippen LogP contribution in [0.4, 0.5) is 0 Å². The first-order valence-corrected chi connectivity index (χ1v) is 6.52. The lowest BCUT2D eigenvalue weighted by molar-refractivity contribution is -0.127. The molecule has 3 atom stereocenters. The van der Waals surface area contributed by atoms with Crippen molar-refractivity contribution in [1.29, 1.82) is 0 Å². The van der Waals surface area contributed by atoms with E-state index in [-0.39, 0.29) is 29.4 Å². The smallest absolute Gasteiger partial charge is 0.228 e. The molecule has 3 aliphatic rings.